The normalized spacial score (nSPS) is 22.0. The standard InChI is InChI=1S/C12H15NO/c14-10-11-5-4-8-13(9-11)12-6-2-1-3-7-12/h1-3,6-7,10-11H,4-5,8-9H2/t11-/m1/s1. The molecule has 0 aromatic heterocycles. The van der Waals surface area contributed by atoms with Crippen LogP contribution in [0.2, 0.25) is 0 Å². The zero-order valence-electron chi connectivity index (χ0n) is 8.23. The van der Waals surface area contributed by atoms with E-state index < -0.39 is 0 Å². The van der Waals surface area contributed by atoms with Crippen molar-refractivity contribution in [3.05, 3.63) is 30.3 Å². The number of benzene rings is 1. The smallest absolute Gasteiger partial charge is 0.124 e. The van der Waals surface area contributed by atoms with Crippen molar-refractivity contribution in [3.63, 3.8) is 0 Å². The van der Waals surface area contributed by atoms with Gasteiger partial charge in [-0.1, -0.05) is 18.2 Å². The van der Waals surface area contributed by atoms with E-state index in [1.165, 1.54) is 5.69 Å². The average Bonchev–Trinajstić information content (AvgIpc) is 2.30. The Kier molecular flexibility index (Phi) is 2.82. The van der Waals surface area contributed by atoms with Crippen molar-refractivity contribution in [1.29, 1.82) is 0 Å². The first-order valence-corrected chi connectivity index (χ1v) is 5.15. The average molecular weight is 189 g/mol. The molecular weight excluding hydrogens is 174 g/mol. The Labute approximate surface area is 84.5 Å². The van der Waals surface area contributed by atoms with Gasteiger partial charge in [0.15, 0.2) is 0 Å². The van der Waals surface area contributed by atoms with E-state index in [0.29, 0.717) is 0 Å². The third kappa shape index (κ3) is 1.95. The maximum absolute atomic E-state index is 10.7. The number of hydrogen-bond acceptors (Lipinski definition) is 2. The van der Waals surface area contributed by atoms with E-state index in [1.54, 1.807) is 0 Å². The van der Waals surface area contributed by atoms with Gasteiger partial charge in [-0.2, -0.15) is 0 Å². The lowest BCUT2D eigenvalue weighted by Crippen LogP contribution is -2.35. The first-order chi connectivity index (χ1) is 6.90. The second-order valence-electron chi connectivity index (χ2n) is 3.82. The number of para-hydroxylation sites is 1. The van der Waals surface area contributed by atoms with E-state index in [2.05, 4.69) is 17.0 Å². The van der Waals surface area contributed by atoms with Crippen LogP contribution in [0.15, 0.2) is 30.3 Å². The molecule has 74 valence electrons. The molecule has 1 aliphatic heterocycles. The van der Waals surface area contributed by atoms with Crippen LogP contribution in [0.5, 0.6) is 0 Å². The Hall–Kier alpha value is -1.31. The van der Waals surface area contributed by atoms with Crippen LogP contribution < -0.4 is 4.90 Å². The summed E-state index contributed by atoms with van der Waals surface area (Å²) in [6.07, 6.45) is 3.26. The predicted molar refractivity (Wildman–Crippen MR) is 57.4 cm³/mol. The van der Waals surface area contributed by atoms with Gasteiger partial charge < -0.3 is 9.69 Å². The molecule has 1 saturated heterocycles. The minimum absolute atomic E-state index is 0.226. The molecule has 1 heterocycles. The van der Waals surface area contributed by atoms with E-state index in [9.17, 15) is 4.79 Å². The quantitative estimate of drug-likeness (QED) is 0.664. The molecule has 14 heavy (non-hydrogen) atoms. The van der Waals surface area contributed by atoms with Gasteiger partial charge in [-0.3, -0.25) is 0 Å². The van der Waals surface area contributed by atoms with Crippen molar-refractivity contribution in [2.45, 2.75) is 12.8 Å². The fraction of sp³-hybridized carbons (Fsp3) is 0.417. The van der Waals surface area contributed by atoms with Crippen molar-refractivity contribution < 1.29 is 4.79 Å². The Morgan fingerprint density at radius 2 is 2.07 bits per heavy atom. The summed E-state index contributed by atoms with van der Waals surface area (Å²) in [6, 6.07) is 10.3. The highest BCUT2D eigenvalue weighted by molar-refractivity contribution is 5.57. The SMILES string of the molecule is O=C[C@@H]1CCCN(c2ccccc2)C1. The molecule has 0 amide bonds. The van der Waals surface area contributed by atoms with Gasteiger partial charge in [0.05, 0.1) is 0 Å². The third-order valence-electron chi connectivity index (χ3n) is 2.77. The van der Waals surface area contributed by atoms with Gasteiger partial charge in [-0.25, -0.2) is 0 Å². The predicted octanol–water partition coefficient (Wildman–Crippen LogP) is 2.10. The zero-order valence-corrected chi connectivity index (χ0v) is 8.23. The fourth-order valence-electron chi connectivity index (χ4n) is 1.99. The number of nitrogens with zero attached hydrogens (tertiary/aromatic N) is 1. The maximum Gasteiger partial charge on any atom is 0.124 e. The summed E-state index contributed by atoms with van der Waals surface area (Å²) in [4.78, 5) is 13.0. The van der Waals surface area contributed by atoms with Crippen LogP contribution in [0.1, 0.15) is 12.8 Å². The van der Waals surface area contributed by atoms with Crippen LogP contribution in [0.3, 0.4) is 0 Å². The molecule has 0 aliphatic carbocycles. The molecule has 2 nitrogen and oxygen atoms in total. The van der Waals surface area contributed by atoms with Gasteiger partial charge >= 0.3 is 0 Å². The summed E-state index contributed by atoms with van der Waals surface area (Å²) in [5.74, 6) is 0.226. The Morgan fingerprint density at radius 3 is 2.79 bits per heavy atom. The van der Waals surface area contributed by atoms with E-state index in [1.807, 2.05) is 18.2 Å². The molecule has 1 fully saturated rings. The molecular formula is C12H15NO. The lowest BCUT2D eigenvalue weighted by atomic mass is 9.99. The Bertz CT molecular complexity index is 296. The Morgan fingerprint density at radius 1 is 1.29 bits per heavy atom. The highest BCUT2D eigenvalue weighted by atomic mass is 16.1. The van der Waals surface area contributed by atoms with Crippen LogP contribution >= 0.6 is 0 Å². The van der Waals surface area contributed by atoms with Gasteiger partial charge in [0.2, 0.25) is 0 Å². The van der Waals surface area contributed by atoms with E-state index in [4.69, 9.17) is 0 Å². The summed E-state index contributed by atoms with van der Waals surface area (Å²) in [5.41, 5.74) is 1.24. The maximum atomic E-state index is 10.7. The summed E-state index contributed by atoms with van der Waals surface area (Å²) in [7, 11) is 0. The molecule has 1 aromatic rings. The van der Waals surface area contributed by atoms with E-state index in [0.717, 1.165) is 32.2 Å². The van der Waals surface area contributed by atoms with Crippen LogP contribution in [0.4, 0.5) is 5.69 Å². The van der Waals surface area contributed by atoms with Crippen molar-refractivity contribution in [2.24, 2.45) is 5.92 Å². The van der Waals surface area contributed by atoms with Gasteiger partial charge in [0.25, 0.3) is 0 Å². The number of hydrogen-bond donors (Lipinski definition) is 0. The lowest BCUT2D eigenvalue weighted by Gasteiger charge is -2.32. The first kappa shape index (κ1) is 9.25. The fourth-order valence-corrected chi connectivity index (χ4v) is 1.99. The van der Waals surface area contributed by atoms with Crippen molar-refractivity contribution in [3.8, 4) is 0 Å². The Balaban J connectivity index is 2.08. The molecule has 1 atom stereocenters. The van der Waals surface area contributed by atoms with Gasteiger partial charge in [-0.15, -0.1) is 0 Å². The summed E-state index contributed by atoms with van der Waals surface area (Å²) in [5, 5.41) is 0. The highest BCUT2D eigenvalue weighted by Gasteiger charge is 2.18. The monoisotopic (exact) mass is 189 g/mol. The van der Waals surface area contributed by atoms with Crippen LogP contribution in [-0.4, -0.2) is 19.4 Å². The number of rotatable bonds is 2. The molecule has 1 aromatic carbocycles. The van der Waals surface area contributed by atoms with Crippen LogP contribution in [0.25, 0.3) is 0 Å². The molecule has 0 radical (unpaired) electrons. The zero-order chi connectivity index (χ0) is 9.80. The van der Waals surface area contributed by atoms with E-state index in [-0.39, 0.29) is 5.92 Å². The molecule has 1 aliphatic rings. The minimum atomic E-state index is 0.226. The van der Waals surface area contributed by atoms with Crippen LogP contribution in [0, 0.1) is 5.92 Å². The van der Waals surface area contributed by atoms with Crippen molar-refractivity contribution in [1.82, 2.24) is 0 Å². The largest absolute Gasteiger partial charge is 0.371 e. The van der Waals surface area contributed by atoms with Crippen molar-refractivity contribution >= 4 is 12.0 Å². The van der Waals surface area contributed by atoms with Gasteiger partial charge in [0.1, 0.15) is 6.29 Å². The van der Waals surface area contributed by atoms with Gasteiger partial charge in [-0.05, 0) is 25.0 Å². The second kappa shape index (κ2) is 4.27. The molecule has 2 rings (SSSR count). The summed E-state index contributed by atoms with van der Waals surface area (Å²) in [6.45, 7) is 1.96. The third-order valence-corrected chi connectivity index (χ3v) is 2.77. The van der Waals surface area contributed by atoms with E-state index >= 15 is 0 Å². The number of anilines is 1. The summed E-state index contributed by atoms with van der Waals surface area (Å²) < 4.78 is 0. The minimum Gasteiger partial charge on any atom is -0.371 e. The highest BCUT2D eigenvalue weighted by Crippen LogP contribution is 2.21. The summed E-state index contributed by atoms with van der Waals surface area (Å²) >= 11 is 0. The lowest BCUT2D eigenvalue weighted by molar-refractivity contribution is -0.111. The molecule has 0 saturated carbocycles. The number of carbonyl (C=O) groups excluding carboxylic acids is 1. The van der Waals surface area contributed by atoms with Crippen molar-refractivity contribution in [2.75, 3.05) is 18.0 Å². The van der Waals surface area contributed by atoms with Crippen LogP contribution in [-0.2, 0) is 4.79 Å². The first-order valence-electron chi connectivity index (χ1n) is 5.15. The molecule has 0 spiro atoms. The van der Waals surface area contributed by atoms with Gasteiger partial charge in [0, 0.05) is 24.7 Å². The number of aldehydes is 1. The molecule has 0 bridgehead atoms. The molecule has 0 unspecified atom stereocenters. The number of carbonyl (C=O) groups is 1. The molecule has 2 heteroatoms. The number of piperidine rings is 1. The molecule has 0 N–H and O–H groups in total. The topological polar surface area (TPSA) is 20.3 Å². The second-order valence-corrected chi connectivity index (χ2v) is 3.82.